The van der Waals surface area contributed by atoms with Gasteiger partial charge in [-0.1, -0.05) is 0 Å². The number of nitrogens with zero attached hydrogens (tertiary/aromatic N) is 4. The number of rotatable bonds is 5. The molecule has 0 unspecified atom stereocenters. The zero-order valence-electron chi connectivity index (χ0n) is 13.6. The van der Waals surface area contributed by atoms with E-state index in [9.17, 15) is 4.79 Å². The van der Waals surface area contributed by atoms with Gasteiger partial charge >= 0.3 is 0 Å². The van der Waals surface area contributed by atoms with Crippen LogP contribution in [0.5, 0.6) is 0 Å². The maximum Gasteiger partial charge on any atom is 0.236 e. The normalized spacial score (nSPS) is 24.9. The van der Waals surface area contributed by atoms with Crippen molar-refractivity contribution in [3.63, 3.8) is 0 Å². The van der Waals surface area contributed by atoms with Crippen LogP contribution in [0, 0.1) is 0 Å². The highest BCUT2D eigenvalue weighted by molar-refractivity contribution is 5.78. The number of anilines is 1. The van der Waals surface area contributed by atoms with Gasteiger partial charge in [0.05, 0.1) is 19.3 Å². The van der Waals surface area contributed by atoms with Crippen LogP contribution in [0.3, 0.4) is 0 Å². The largest absolute Gasteiger partial charge is 0.375 e. The first-order valence-electron chi connectivity index (χ1n) is 8.38. The molecular formula is C16H25N5O2. The van der Waals surface area contributed by atoms with Crippen molar-refractivity contribution >= 4 is 11.7 Å². The first kappa shape index (κ1) is 16.1. The van der Waals surface area contributed by atoms with E-state index in [1.54, 1.807) is 6.20 Å². The Bertz CT molecular complexity index is 512. The van der Waals surface area contributed by atoms with Gasteiger partial charge in [-0.2, -0.15) is 5.10 Å². The summed E-state index contributed by atoms with van der Waals surface area (Å²) in [6.45, 7) is 6.20. The van der Waals surface area contributed by atoms with Crippen LogP contribution in [-0.2, 0) is 9.53 Å². The van der Waals surface area contributed by atoms with Crippen molar-refractivity contribution in [1.29, 1.82) is 0 Å². The van der Waals surface area contributed by atoms with E-state index in [4.69, 9.17) is 4.74 Å². The van der Waals surface area contributed by atoms with Crippen molar-refractivity contribution in [2.75, 3.05) is 44.2 Å². The van der Waals surface area contributed by atoms with Crippen molar-refractivity contribution in [3.05, 3.63) is 18.3 Å². The predicted octanol–water partition coefficient (Wildman–Crippen LogP) is 0.282. The Morgan fingerprint density at radius 2 is 2.39 bits per heavy atom. The standard InChI is InChI=1S/C16H25N5O2/c1-13-12-20(8-9-23-13)16(22)11-17-10-14-4-3-7-21(14)15-5-2-6-18-19-15/h2,5-6,13-14,17H,3-4,7-12H2,1H3/t13-,14-/m1/s1. The summed E-state index contributed by atoms with van der Waals surface area (Å²) in [4.78, 5) is 16.4. The van der Waals surface area contributed by atoms with Gasteiger partial charge in [0.1, 0.15) is 0 Å². The Morgan fingerprint density at radius 3 is 3.17 bits per heavy atom. The smallest absolute Gasteiger partial charge is 0.236 e. The number of hydrogen-bond acceptors (Lipinski definition) is 6. The highest BCUT2D eigenvalue weighted by Crippen LogP contribution is 2.22. The summed E-state index contributed by atoms with van der Waals surface area (Å²) in [6, 6.07) is 4.28. The Morgan fingerprint density at radius 1 is 1.48 bits per heavy atom. The first-order chi connectivity index (χ1) is 11.2. The van der Waals surface area contributed by atoms with Crippen molar-refractivity contribution in [2.24, 2.45) is 0 Å². The monoisotopic (exact) mass is 319 g/mol. The maximum absolute atomic E-state index is 12.2. The van der Waals surface area contributed by atoms with E-state index in [1.807, 2.05) is 24.0 Å². The van der Waals surface area contributed by atoms with Crippen LogP contribution < -0.4 is 10.2 Å². The Kier molecular flexibility index (Phi) is 5.40. The molecule has 126 valence electrons. The van der Waals surface area contributed by atoms with Gasteiger partial charge in [0.2, 0.25) is 5.91 Å². The van der Waals surface area contributed by atoms with E-state index in [2.05, 4.69) is 20.4 Å². The quantitative estimate of drug-likeness (QED) is 0.841. The average molecular weight is 319 g/mol. The number of carbonyl (C=O) groups is 1. The van der Waals surface area contributed by atoms with Crippen molar-refractivity contribution < 1.29 is 9.53 Å². The average Bonchev–Trinajstić information content (AvgIpc) is 3.04. The number of carbonyl (C=O) groups excluding carboxylic acids is 1. The lowest BCUT2D eigenvalue weighted by atomic mass is 10.2. The Hall–Kier alpha value is -1.73. The van der Waals surface area contributed by atoms with E-state index in [-0.39, 0.29) is 12.0 Å². The van der Waals surface area contributed by atoms with E-state index >= 15 is 0 Å². The zero-order chi connectivity index (χ0) is 16.1. The second-order valence-corrected chi connectivity index (χ2v) is 6.22. The molecule has 1 aromatic rings. The number of ether oxygens (including phenoxy) is 1. The summed E-state index contributed by atoms with van der Waals surface area (Å²) in [7, 11) is 0. The van der Waals surface area contributed by atoms with Crippen LogP contribution in [0.4, 0.5) is 5.82 Å². The lowest BCUT2D eigenvalue weighted by molar-refractivity contribution is -0.137. The lowest BCUT2D eigenvalue weighted by Crippen LogP contribution is -2.49. The zero-order valence-corrected chi connectivity index (χ0v) is 13.6. The second-order valence-electron chi connectivity index (χ2n) is 6.22. The first-order valence-corrected chi connectivity index (χ1v) is 8.38. The van der Waals surface area contributed by atoms with Gasteiger partial charge in [-0.05, 0) is 31.9 Å². The fraction of sp³-hybridized carbons (Fsp3) is 0.688. The van der Waals surface area contributed by atoms with Gasteiger partial charge in [-0.25, -0.2) is 0 Å². The summed E-state index contributed by atoms with van der Waals surface area (Å²) < 4.78 is 5.47. The SMILES string of the molecule is C[C@@H]1CN(C(=O)CNC[C@H]2CCCN2c2cccnn2)CCO1. The summed E-state index contributed by atoms with van der Waals surface area (Å²) >= 11 is 0. The van der Waals surface area contributed by atoms with Crippen LogP contribution in [0.25, 0.3) is 0 Å². The maximum atomic E-state index is 12.2. The third-order valence-electron chi connectivity index (χ3n) is 4.48. The molecule has 1 aromatic heterocycles. The molecule has 2 atom stereocenters. The molecule has 3 rings (SSSR count). The number of amides is 1. The Labute approximate surface area is 137 Å². The van der Waals surface area contributed by atoms with E-state index in [1.165, 1.54) is 0 Å². The van der Waals surface area contributed by atoms with Crippen LogP contribution in [0.1, 0.15) is 19.8 Å². The van der Waals surface area contributed by atoms with Crippen LogP contribution in [0.15, 0.2) is 18.3 Å². The molecule has 0 spiro atoms. The number of aromatic nitrogens is 2. The molecule has 2 aliphatic rings. The molecule has 7 heteroatoms. The van der Waals surface area contributed by atoms with Crippen LogP contribution >= 0.6 is 0 Å². The van der Waals surface area contributed by atoms with Gasteiger partial charge < -0.3 is 19.9 Å². The number of hydrogen-bond donors (Lipinski definition) is 1. The van der Waals surface area contributed by atoms with E-state index in [0.717, 1.165) is 31.7 Å². The summed E-state index contributed by atoms with van der Waals surface area (Å²) in [5.74, 6) is 1.08. The molecule has 2 saturated heterocycles. The van der Waals surface area contributed by atoms with Gasteiger partial charge in [0.25, 0.3) is 0 Å². The minimum atomic E-state index is 0.134. The highest BCUT2D eigenvalue weighted by atomic mass is 16.5. The van der Waals surface area contributed by atoms with E-state index in [0.29, 0.717) is 32.3 Å². The van der Waals surface area contributed by atoms with Crippen molar-refractivity contribution in [3.8, 4) is 0 Å². The van der Waals surface area contributed by atoms with Gasteiger partial charge in [0.15, 0.2) is 5.82 Å². The number of nitrogens with one attached hydrogen (secondary N) is 1. The third-order valence-corrected chi connectivity index (χ3v) is 4.48. The van der Waals surface area contributed by atoms with Crippen molar-refractivity contribution in [2.45, 2.75) is 31.9 Å². The summed E-state index contributed by atoms with van der Waals surface area (Å²) in [5, 5.41) is 11.5. The molecule has 0 aromatic carbocycles. The molecule has 0 saturated carbocycles. The fourth-order valence-corrected chi connectivity index (χ4v) is 3.30. The highest BCUT2D eigenvalue weighted by Gasteiger charge is 2.26. The lowest BCUT2D eigenvalue weighted by Gasteiger charge is -2.31. The molecule has 7 nitrogen and oxygen atoms in total. The molecule has 2 aliphatic heterocycles. The molecule has 23 heavy (non-hydrogen) atoms. The van der Waals surface area contributed by atoms with Crippen molar-refractivity contribution in [1.82, 2.24) is 20.4 Å². The van der Waals surface area contributed by atoms with Crippen LogP contribution in [0.2, 0.25) is 0 Å². The molecule has 1 amide bonds. The third kappa shape index (κ3) is 4.17. The Balaban J connectivity index is 1.45. The molecular weight excluding hydrogens is 294 g/mol. The predicted molar refractivity (Wildman–Crippen MR) is 87.3 cm³/mol. The molecule has 3 heterocycles. The topological polar surface area (TPSA) is 70.6 Å². The second kappa shape index (κ2) is 7.70. The van der Waals surface area contributed by atoms with Gasteiger partial charge in [-0.15, -0.1) is 5.10 Å². The minimum absolute atomic E-state index is 0.134. The van der Waals surface area contributed by atoms with Gasteiger partial charge in [0, 0.05) is 38.4 Å². The number of morpholine rings is 1. The molecule has 1 N–H and O–H groups in total. The van der Waals surface area contributed by atoms with Gasteiger partial charge in [-0.3, -0.25) is 4.79 Å². The molecule has 0 radical (unpaired) electrons. The molecule has 0 aliphatic carbocycles. The minimum Gasteiger partial charge on any atom is -0.375 e. The molecule has 0 bridgehead atoms. The summed E-state index contributed by atoms with van der Waals surface area (Å²) in [5.41, 5.74) is 0. The fourth-order valence-electron chi connectivity index (χ4n) is 3.30. The van der Waals surface area contributed by atoms with E-state index < -0.39 is 0 Å². The van der Waals surface area contributed by atoms with Crippen LogP contribution in [-0.4, -0.2) is 72.5 Å². The molecule has 2 fully saturated rings. The summed E-state index contributed by atoms with van der Waals surface area (Å²) in [6.07, 6.45) is 4.09.